The molecule has 0 radical (unpaired) electrons. The number of rotatable bonds is 3. The number of ether oxygens (including phenoxy) is 2. The zero-order valence-electron chi connectivity index (χ0n) is 10.6. The SMILES string of the molecule is CCC(C)C1C(=O)OC1C(=O)OC(C)(C)C. The van der Waals surface area contributed by atoms with E-state index in [-0.39, 0.29) is 17.8 Å². The first kappa shape index (κ1) is 13.0. The van der Waals surface area contributed by atoms with Crippen molar-refractivity contribution >= 4 is 11.9 Å². The molecule has 4 heteroatoms. The third kappa shape index (κ3) is 2.74. The summed E-state index contributed by atoms with van der Waals surface area (Å²) in [6.45, 7) is 9.32. The molecule has 0 spiro atoms. The van der Waals surface area contributed by atoms with Gasteiger partial charge in [-0.15, -0.1) is 0 Å². The van der Waals surface area contributed by atoms with E-state index < -0.39 is 17.7 Å². The van der Waals surface area contributed by atoms with E-state index in [1.807, 2.05) is 13.8 Å². The molecule has 16 heavy (non-hydrogen) atoms. The molecule has 3 atom stereocenters. The molecule has 0 N–H and O–H groups in total. The number of cyclic esters (lactones) is 1. The maximum absolute atomic E-state index is 11.7. The summed E-state index contributed by atoms with van der Waals surface area (Å²) >= 11 is 0. The van der Waals surface area contributed by atoms with Gasteiger partial charge in [0.1, 0.15) is 11.5 Å². The molecular formula is C12H20O4. The summed E-state index contributed by atoms with van der Waals surface area (Å²) in [4.78, 5) is 23.0. The summed E-state index contributed by atoms with van der Waals surface area (Å²) < 4.78 is 10.1. The van der Waals surface area contributed by atoms with Crippen molar-refractivity contribution in [3.8, 4) is 0 Å². The summed E-state index contributed by atoms with van der Waals surface area (Å²) in [5, 5.41) is 0. The third-order valence-electron chi connectivity index (χ3n) is 2.74. The monoisotopic (exact) mass is 228 g/mol. The van der Waals surface area contributed by atoms with Crippen LogP contribution in [0.15, 0.2) is 0 Å². The molecule has 1 heterocycles. The average molecular weight is 228 g/mol. The van der Waals surface area contributed by atoms with Gasteiger partial charge in [0.05, 0.1) is 0 Å². The number of hydrogen-bond acceptors (Lipinski definition) is 4. The van der Waals surface area contributed by atoms with Gasteiger partial charge in [-0.25, -0.2) is 4.79 Å². The van der Waals surface area contributed by atoms with Crippen LogP contribution in [0, 0.1) is 11.8 Å². The molecule has 0 aromatic heterocycles. The van der Waals surface area contributed by atoms with Crippen LogP contribution in [-0.2, 0) is 19.1 Å². The first-order valence-corrected chi connectivity index (χ1v) is 5.69. The lowest BCUT2D eigenvalue weighted by molar-refractivity contribution is -0.207. The summed E-state index contributed by atoms with van der Waals surface area (Å²) in [7, 11) is 0. The van der Waals surface area contributed by atoms with Gasteiger partial charge in [-0.05, 0) is 26.7 Å². The van der Waals surface area contributed by atoms with E-state index in [0.29, 0.717) is 0 Å². The topological polar surface area (TPSA) is 52.6 Å². The lowest BCUT2D eigenvalue weighted by Gasteiger charge is -2.37. The van der Waals surface area contributed by atoms with E-state index in [1.54, 1.807) is 20.8 Å². The molecule has 1 rings (SSSR count). The Labute approximate surface area is 96.3 Å². The van der Waals surface area contributed by atoms with Gasteiger partial charge in [0.25, 0.3) is 0 Å². The van der Waals surface area contributed by atoms with Crippen molar-refractivity contribution in [2.45, 2.75) is 52.7 Å². The molecule has 0 saturated carbocycles. The van der Waals surface area contributed by atoms with Crippen LogP contribution < -0.4 is 0 Å². The number of carbonyl (C=O) groups is 2. The van der Waals surface area contributed by atoms with Gasteiger partial charge in [0.2, 0.25) is 6.10 Å². The molecule has 1 aliphatic heterocycles. The fourth-order valence-electron chi connectivity index (χ4n) is 1.67. The summed E-state index contributed by atoms with van der Waals surface area (Å²) in [6.07, 6.45) is 0.140. The zero-order valence-corrected chi connectivity index (χ0v) is 10.6. The van der Waals surface area contributed by atoms with E-state index in [2.05, 4.69) is 0 Å². The maximum atomic E-state index is 11.7. The molecule has 4 nitrogen and oxygen atoms in total. The Morgan fingerprint density at radius 3 is 2.44 bits per heavy atom. The Bertz CT molecular complexity index is 290. The molecule has 1 aliphatic rings. The van der Waals surface area contributed by atoms with Crippen LogP contribution in [-0.4, -0.2) is 23.6 Å². The Morgan fingerprint density at radius 2 is 2.06 bits per heavy atom. The third-order valence-corrected chi connectivity index (χ3v) is 2.74. The minimum atomic E-state index is -0.707. The summed E-state index contributed by atoms with van der Waals surface area (Å²) in [5.41, 5.74) is -0.543. The lowest BCUT2D eigenvalue weighted by Crippen LogP contribution is -2.54. The van der Waals surface area contributed by atoms with Crippen LogP contribution >= 0.6 is 0 Å². The quantitative estimate of drug-likeness (QED) is 0.692. The molecule has 0 amide bonds. The van der Waals surface area contributed by atoms with Crippen molar-refractivity contribution in [3.63, 3.8) is 0 Å². The number of esters is 2. The largest absolute Gasteiger partial charge is 0.457 e. The maximum Gasteiger partial charge on any atom is 0.348 e. The normalized spacial score (nSPS) is 26.7. The van der Waals surface area contributed by atoms with Crippen LogP contribution in [0.4, 0.5) is 0 Å². The Kier molecular flexibility index (Phi) is 3.61. The van der Waals surface area contributed by atoms with Gasteiger partial charge >= 0.3 is 11.9 Å². The Morgan fingerprint density at radius 1 is 1.50 bits per heavy atom. The van der Waals surface area contributed by atoms with Gasteiger partial charge in [-0.1, -0.05) is 20.3 Å². The minimum Gasteiger partial charge on any atom is -0.457 e. The van der Waals surface area contributed by atoms with Crippen LogP contribution in [0.25, 0.3) is 0 Å². The highest BCUT2D eigenvalue weighted by atomic mass is 16.6. The van der Waals surface area contributed by atoms with Gasteiger partial charge in [-0.2, -0.15) is 0 Å². The van der Waals surface area contributed by atoms with E-state index in [0.717, 1.165) is 6.42 Å². The second-order valence-electron chi connectivity index (χ2n) is 5.30. The number of carbonyl (C=O) groups excluding carboxylic acids is 2. The van der Waals surface area contributed by atoms with Crippen molar-refractivity contribution in [3.05, 3.63) is 0 Å². The predicted molar refractivity (Wildman–Crippen MR) is 58.7 cm³/mol. The Hall–Kier alpha value is -1.06. The molecule has 0 aromatic rings. The van der Waals surface area contributed by atoms with E-state index >= 15 is 0 Å². The molecule has 92 valence electrons. The molecule has 0 aliphatic carbocycles. The van der Waals surface area contributed by atoms with Gasteiger partial charge < -0.3 is 9.47 Å². The van der Waals surface area contributed by atoms with Crippen LogP contribution in [0.2, 0.25) is 0 Å². The first-order chi connectivity index (χ1) is 7.26. The fraction of sp³-hybridized carbons (Fsp3) is 0.833. The fourth-order valence-corrected chi connectivity index (χ4v) is 1.67. The van der Waals surface area contributed by atoms with Gasteiger partial charge in [0.15, 0.2) is 0 Å². The van der Waals surface area contributed by atoms with Crippen molar-refractivity contribution in [2.24, 2.45) is 11.8 Å². The highest BCUT2D eigenvalue weighted by Gasteiger charge is 2.51. The van der Waals surface area contributed by atoms with E-state index in [9.17, 15) is 9.59 Å². The molecule has 3 unspecified atom stereocenters. The van der Waals surface area contributed by atoms with Crippen molar-refractivity contribution in [2.75, 3.05) is 0 Å². The van der Waals surface area contributed by atoms with Crippen LogP contribution in [0.1, 0.15) is 41.0 Å². The summed E-state index contributed by atoms with van der Waals surface area (Å²) in [5.74, 6) is -0.902. The highest BCUT2D eigenvalue weighted by molar-refractivity contribution is 5.91. The standard InChI is InChI=1S/C12H20O4/c1-6-7(2)8-9(15-10(8)13)11(14)16-12(3,4)5/h7-9H,6H2,1-5H3. The summed E-state index contributed by atoms with van der Waals surface area (Å²) in [6, 6.07) is 0. The zero-order chi connectivity index (χ0) is 12.5. The molecular weight excluding hydrogens is 208 g/mol. The smallest absolute Gasteiger partial charge is 0.348 e. The van der Waals surface area contributed by atoms with Crippen molar-refractivity contribution in [1.29, 1.82) is 0 Å². The minimum absolute atomic E-state index is 0.152. The van der Waals surface area contributed by atoms with Crippen LogP contribution in [0.5, 0.6) is 0 Å². The second-order valence-corrected chi connectivity index (χ2v) is 5.30. The first-order valence-electron chi connectivity index (χ1n) is 5.69. The molecule has 0 bridgehead atoms. The average Bonchev–Trinajstić information content (AvgIpc) is 2.10. The van der Waals surface area contributed by atoms with E-state index in [4.69, 9.17) is 9.47 Å². The molecule has 1 saturated heterocycles. The predicted octanol–water partition coefficient (Wildman–Crippen LogP) is 1.92. The van der Waals surface area contributed by atoms with Crippen LogP contribution in [0.3, 0.4) is 0 Å². The van der Waals surface area contributed by atoms with Gasteiger partial charge in [-0.3, -0.25) is 4.79 Å². The molecule has 1 fully saturated rings. The highest BCUT2D eigenvalue weighted by Crippen LogP contribution is 2.32. The van der Waals surface area contributed by atoms with Gasteiger partial charge in [0, 0.05) is 0 Å². The second kappa shape index (κ2) is 4.44. The van der Waals surface area contributed by atoms with Crippen molar-refractivity contribution < 1.29 is 19.1 Å². The number of hydrogen-bond donors (Lipinski definition) is 0. The van der Waals surface area contributed by atoms with E-state index in [1.165, 1.54) is 0 Å². The van der Waals surface area contributed by atoms with Crippen molar-refractivity contribution in [1.82, 2.24) is 0 Å². The Balaban J connectivity index is 2.62. The lowest BCUT2D eigenvalue weighted by atomic mass is 9.83. The molecule has 0 aromatic carbocycles.